The van der Waals surface area contributed by atoms with Gasteiger partial charge < -0.3 is 15.4 Å². The predicted molar refractivity (Wildman–Crippen MR) is 172 cm³/mol. The van der Waals surface area contributed by atoms with Crippen molar-refractivity contribution in [2.24, 2.45) is 5.92 Å². The highest BCUT2D eigenvalue weighted by Crippen LogP contribution is 2.28. The molecule has 1 atom stereocenters. The molecule has 45 heavy (non-hydrogen) atoms. The number of hydrogen-bond acceptors (Lipinski definition) is 12. The number of nitriles is 1. The number of nitrogens with zero attached hydrogens (tertiary/aromatic N) is 7. The Morgan fingerprint density at radius 1 is 1.20 bits per heavy atom. The lowest BCUT2D eigenvalue weighted by molar-refractivity contribution is -0.132. The summed E-state index contributed by atoms with van der Waals surface area (Å²) < 4.78 is 5.10. The van der Waals surface area contributed by atoms with Crippen molar-refractivity contribution in [1.82, 2.24) is 24.8 Å². The summed E-state index contributed by atoms with van der Waals surface area (Å²) in [6.07, 6.45) is 6.32. The van der Waals surface area contributed by atoms with Crippen LogP contribution in [0.15, 0.2) is 42.7 Å². The maximum absolute atomic E-state index is 13.7. The first-order chi connectivity index (χ1) is 21.7. The van der Waals surface area contributed by atoms with Gasteiger partial charge in [-0.25, -0.2) is 15.0 Å². The molecular weight excluding hydrogens is 592 g/mol. The van der Waals surface area contributed by atoms with Gasteiger partial charge in [0.25, 0.3) is 0 Å². The molecule has 3 aromatic rings. The van der Waals surface area contributed by atoms with E-state index in [9.17, 15) is 9.59 Å². The summed E-state index contributed by atoms with van der Waals surface area (Å²) in [5.74, 6) is 0.491. The molecule has 14 heteroatoms. The van der Waals surface area contributed by atoms with E-state index in [4.69, 9.17) is 26.6 Å². The first kappa shape index (κ1) is 31.4. The van der Waals surface area contributed by atoms with Gasteiger partial charge in [0.15, 0.2) is 5.71 Å². The van der Waals surface area contributed by atoms with Gasteiger partial charge in [-0.2, -0.15) is 5.26 Å². The number of carbonyl (C=O) groups is 2. The fourth-order valence-electron chi connectivity index (χ4n) is 5.40. The number of thiazole rings is 1. The SMILES string of the molecule is CCN(C(=O)[C@@H]1CCN(CC(=O)N2CC=C(c3ncc(C(=N)C#N)s3)CC2)C1)c1ccc(N)c(C(=N)c2ccc(OC)nc2)n1. The van der Waals surface area contributed by atoms with Crippen LogP contribution in [0.1, 0.15) is 40.9 Å². The van der Waals surface area contributed by atoms with E-state index in [0.29, 0.717) is 73.4 Å². The summed E-state index contributed by atoms with van der Waals surface area (Å²) >= 11 is 1.31. The first-order valence-electron chi connectivity index (χ1n) is 14.5. The number of amides is 2. The Bertz CT molecular complexity index is 1690. The van der Waals surface area contributed by atoms with Gasteiger partial charge in [-0.05, 0) is 50.1 Å². The number of pyridine rings is 2. The molecule has 0 bridgehead atoms. The summed E-state index contributed by atoms with van der Waals surface area (Å²) in [7, 11) is 1.52. The van der Waals surface area contributed by atoms with Crippen molar-refractivity contribution in [3.63, 3.8) is 0 Å². The second kappa shape index (κ2) is 13.7. The fourth-order valence-corrected chi connectivity index (χ4v) is 6.28. The lowest BCUT2D eigenvalue weighted by Gasteiger charge is -2.28. The number of anilines is 2. The summed E-state index contributed by atoms with van der Waals surface area (Å²) in [4.78, 5) is 45.9. The maximum Gasteiger partial charge on any atom is 0.237 e. The monoisotopic (exact) mass is 626 g/mol. The average molecular weight is 627 g/mol. The molecule has 4 N–H and O–H groups in total. The fraction of sp³-hybridized carbons (Fsp3) is 0.355. The van der Waals surface area contributed by atoms with Gasteiger partial charge in [-0.3, -0.25) is 30.2 Å². The van der Waals surface area contributed by atoms with Gasteiger partial charge >= 0.3 is 0 Å². The topological polar surface area (TPSA) is 189 Å². The molecule has 0 radical (unpaired) electrons. The summed E-state index contributed by atoms with van der Waals surface area (Å²) in [5.41, 5.74) is 8.30. The number of nitrogens with one attached hydrogen (secondary N) is 2. The second-order valence-corrected chi connectivity index (χ2v) is 11.7. The van der Waals surface area contributed by atoms with Crippen molar-refractivity contribution < 1.29 is 14.3 Å². The van der Waals surface area contributed by atoms with Crippen LogP contribution in [0.4, 0.5) is 11.5 Å². The Morgan fingerprint density at radius 2 is 2.02 bits per heavy atom. The number of hydrogen-bond donors (Lipinski definition) is 3. The molecule has 0 saturated carbocycles. The van der Waals surface area contributed by atoms with Gasteiger partial charge in [0.1, 0.15) is 22.6 Å². The van der Waals surface area contributed by atoms with Crippen molar-refractivity contribution in [2.45, 2.75) is 19.8 Å². The van der Waals surface area contributed by atoms with Gasteiger partial charge in [0.05, 0.1) is 35.8 Å². The van der Waals surface area contributed by atoms with Crippen molar-refractivity contribution in [3.05, 3.63) is 63.9 Å². The van der Waals surface area contributed by atoms with E-state index in [1.165, 1.54) is 24.6 Å². The third-order valence-corrected chi connectivity index (χ3v) is 9.01. The van der Waals surface area contributed by atoms with Crippen LogP contribution < -0.4 is 15.4 Å². The van der Waals surface area contributed by atoms with E-state index >= 15 is 0 Å². The molecule has 1 fully saturated rings. The van der Waals surface area contributed by atoms with Crippen LogP contribution >= 0.6 is 11.3 Å². The normalized spacial score (nSPS) is 16.5. The third-order valence-electron chi connectivity index (χ3n) is 7.92. The van der Waals surface area contributed by atoms with Crippen molar-refractivity contribution in [3.8, 4) is 11.9 Å². The highest BCUT2D eigenvalue weighted by molar-refractivity contribution is 7.14. The highest BCUT2D eigenvalue weighted by Gasteiger charge is 2.34. The molecule has 0 aliphatic carbocycles. The van der Waals surface area contributed by atoms with Gasteiger partial charge in [-0.1, -0.05) is 6.08 Å². The molecule has 1 saturated heterocycles. The van der Waals surface area contributed by atoms with Crippen molar-refractivity contribution in [1.29, 1.82) is 16.1 Å². The van der Waals surface area contributed by atoms with Crippen LogP contribution in [-0.2, 0) is 9.59 Å². The summed E-state index contributed by atoms with van der Waals surface area (Å²) in [5, 5.41) is 26.1. The maximum atomic E-state index is 13.7. The minimum atomic E-state index is -0.287. The predicted octanol–water partition coefficient (Wildman–Crippen LogP) is 2.82. The molecule has 2 amide bonds. The molecule has 0 unspecified atom stereocenters. The standard InChI is InChI=1S/C31H34N10O3S/c1-3-41(25-6-5-22(33)29(38-25)28(35)20-4-7-26(44-2)36-15-20)31(43)21-8-11-39(17-21)18-27(42)40-12-9-19(10-13-40)30-37-16-24(45-30)23(34)14-32/h4-7,9,15-16,21,34-35H,3,8,10-13,17-18,33H2,1-2H3/t21-/m1/s1. The molecule has 2 aliphatic rings. The zero-order chi connectivity index (χ0) is 32.1. The van der Waals surface area contributed by atoms with E-state index in [1.807, 2.05) is 24.0 Å². The lowest BCUT2D eigenvalue weighted by atomic mass is 10.1. The number of methoxy groups -OCH3 is 1. The number of likely N-dealkylation sites (tertiary alicyclic amines) is 1. The van der Waals surface area contributed by atoms with Crippen LogP contribution in [0.5, 0.6) is 5.88 Å². The Morgan fingerprint density at radius 3 is 2.69 bits per heavy atom. The summed E-state index contributed by atoms with van der Waals surface area (Å²) in [6, 6.07) is 8.54. The molecule has 2 aliphatic heterocycles. The number of nitrogen functional groups attached to an aromatic ring is 1. The van der Waals surface area contributed by atoms with Crippen LogP contribution in [-0.4, -0.2) is 94.4 Å². The zero-order valence-corrected chi connectivity index (χ0v) is 25.9. The van der Waals surface area contributed by atoms with E-state index in [0.717, 1.165) is 10.6 Å². The Hall–Kier alpha value is -5.00. The van der Waals surface area contributed by atoms with Crippen molar-refractivity contribution in [2.75, 3.05) is 57.0 Å². The van der Waals surface area contributed by atoms with E-state index in [1.54, 1.807) is 40.3 Å². The van der Waals surface area contributed by atoms with Crippen molar-refractivity contribution >= 4 is 51.7 Å². The third kappa shape index (κ3) is 6.89. The Kier molecular flexibility index (Phi) is 9.60. The van der Waals surface area contributed by atoms with E-state index in [-0.39, 0.29) is 41.4 Å². The minimum Gasteiger partial charge on any atom is -0.481 e. The molecule has 0 spiro atoms. The molecule has 232 valence electrons. The number of ether oxygens (including phenoxy) is 1. The van der Waals surface area contributed by atoms with Crippen LogP contribution in [0, 0.1) is 28.1 Å². The van der Waals surface area contributed by atoms with Crippen LogP contribution in [0.2, 0.25) is 0 Å². The average Bonchev–Trinajstić information content (AvgIpc) is 3.76. The Balaban J connectivity index is 1.18. The number of nitrogens with two attached hydrogens (primary N) is 1. The zero-order valence-electron chi connectivity index (χ0n) is 25.1. The molecule has 13 nitrogen and oxygen atoms in total. The molecular formula is C31H34N10O3S. The molecule has 5 rings (SSSR count). The number of rotatable bonds is 10. The van der Waals surface area contributed by atoms with E-state index < -0.39 is 0 Å². The Labute approximate surface area is 265 Å². The minimum absolute atomic E-state index is 0.00760. The molecule has 5 heterocycles. The largest absolute Gasteiger partial charge is 0.481 e. The lowest BCUT2D eigenvalue weighted by Crippen LogP contribution is -2.42. The number of aromatic nitrogens is 3. The first-order valence-corrected chi connectivity index (χ1v) is 15.4. The van der Waals surface area contributed by atoms with Gasteiger partial charge in [0, 0.05) is 50.2 Å². The van der Waals surface area contributed by atoms with Gasteiger partial charge in [-0.15, -0.1) is 11.3 Å². The molecule has 3 aromatic heterocycles. The van der Waals surface area contributed by atoms with Crippen LogP contribution in [0.25, 0.3) is 5.57 Å². The van der Waals surface area contributed by atoms with Crippen LogP contribution in [0.3, 0.4) is 0 Å². The number of carbonyl (C=O) groups excluding carboxylic acids is 2. The summed E-state index contributed by atoms with van der Waals surface area (Å²) in [6.45, 7) is 4.63. The molecule has 0 aromatic carbocycles. The second-order valence-electron chi connectivity index (χ2n) is 10.7. The highest BCUT2D eigenvalue weighted by atomic mass is 32.1. The smallest absolute Gasteiger partial charge is 0.237 e. The van der Waals surface area contributed by atoms with E-state index in [2.05, 4.69) is 15.0 Å². The van der Waals surface area contributed by atoms with Gasteiger partial charge in [0.2, 0.25) is 17.7 Å². The quantitative estimate of drug-likeness (QED) is 0.284.